The highest BCUT2D eigenvalue weighted by atomic mass is 32.2. The Kier molecular flexibility index (Phi) is 7.60. The molecule has 0 bridgehead atoms. The minimum absolute atomic E-state index is 0.151. The summed E-state index contributed by atoms with van der Waals surface area (Å²) in [6, 6.07) is 20.1. The summed E-state index contributed by atoms with van der Waals surface area (Å²) in [5, 5.41) is 3.03. The van der Waals surface area contributed by atoms with Crippen molar-refractivity contribution in [3.05, 3.63) is 83.9 Å². The summed E-state index contributed by atoms with van der Waals surface area (Å²) in [5.74, 6) is 1.10. The van der Waals surface area contributed by atoms with Gasteiger partial charge in [-0.3, -0.25) is 9.10 Å². The predicted octanol–water partition coefficient (Wildman–Crippen LogP) is 4.41. The number of hydrogen-bond acceptors (Lipinski definition) is 5. The van der Waals surface area contributed by atoms with E-state index in [0.29, 0.717) is 17.0 Å². The van der Waals surface area contributed by atoms with E-state index in [1.807, 2.05) is 31.2 Å². The van der Waals surface area contributed by atoms with Crippen molar-refractivity contribution in [1.82, 2.24) is 5.32 Å². The lowest BCUT2D eigenvalue weighted by Gasteiger charge is -2.21. The third-order valence-corrected chi connectivity index (χ3v) is 7.24. The van der Waals surface area contributed by atoms with E-state index in [9.17, 15) is 13.2 Å². The predicted molar refractivity (Wildman–Crippen MR) is 129 cm³/mol. The van der Waals surface area contributed by atoms with Crippen molar-refractivity contribution in [3.8, 4) is 11.5 Å². The first kappa shape index (κ1) is 24.1. The second-order valence-corrected chi connectivity index (χ2v) is 9.37. The molecule has 0 saturated heterocycles. The topological polar surface area (TPSA) is 84.9 Å². The fourth-order valence-corrected chi connectivity index (χ4v) is 4.56. The second-order valence-electron chi connectivity index (χ2n) is 7.40. The number of rotatable bonds is 9. The van der Waals surface area contributed by atoms with Gasteiger partial charge in [-0.1, -0.05) is 19.1 Å². The summed E-state index contributed by atoms with van der Waals surface area (Å²) in [6.45, 7) is 2.00. The number of nitrogens with one attached hydrogen (secondary N) is 1. The molecule has 0 saturated carbocycles. The number of methoxy groups -OCH3 is 2. The Hall–Kier alpha value is -3.52. The van der Waals surface area contributed by atoms with Crippen molar-refractivity contribution in [2.45, 2.75) is 24.3 Å². The number of carbonyl (C=O) groups is 1. The fourth-order valence-electron chi connectivity index (χ4n) is 3.37. The van der Waals surface area contributed by atoms with Gasteiger partial charge >= 0.3 is 0 Å². The molecule has 0 aliphatic rings. The summed E-state index contributed by atoms with van der Waals surface area (Å²) < 4.78 is 37.3. The average Bonchev–Trinajstić information content (AvgIpc) is 2.86. The summed E-state index contributed by atoms with van der Waals surface area (Å²) in [7, 11) is 0.859. The van der Waals surface area contributed by atoms with Crippen molar-refractivity contribution >= 4 is 21.6 Å². The molecule has 1 N–H and O–H groups in total. The van der Waals surface area contributed by atoms with E-state index in [1.165, 1.54) is 30.6 Å². The molecular formula is C25H28N2O5S. The molecule has 1 atom stereocenters. The molecule has 0 aliphatic heterocycles. The number of ether oxygens (including phenoxy) is 2. The smallest absolute Gasteiger partial charge is 0.264 e. The fraction of sp³-hybridized carbons (Fsp3) is 0.240. The number of nitrogens with zero attached hydrogens (tertiary/aromatic N) is 1. The zero-order chi connectivity index (χ0) is 24.0. The highest BCUT2D eigenvalue weighted by molar-refractivity contribution is 7.92. The molecule has 174 valence electrons. The summed E-state index contributed by atoms with van der Waals surface area (Å²) >= 11 is 0. The average molecular weight is 469 g/mol. The van der Waals surface area contributed by atoms with Gasteiger partial charge in [-0.05, 0) is 72.6 Å². The molecule has 0 heterocycles. The lowest BCUT2D eigenvalue weighted by Crippen LogP contribution is -2.28. The lowest BCUT2D eigenvalue weighted by atomic mass is 10.0. The van der Waals surface area contributed by atoms with Crippen LogP contribution in [0.3, 0.4) is 0 Å². The van der Waals surface area contributed by atoms with Crippen LogP contribution in [0.4, 0.5) is 5.69 Å². The largest absolute Gasteiger partial charge is 0.497 e. The molecule has 0 aliphatic carbocycles. The van der Waals surface area contributed by atoms with Crippen molar-refractivity contribution in [1.29, 1.82) is 0 Å². The van der Waals surface area contributed by atoms with Crippen LogP contribution < -0.4 is 19.1 Å². The molecular weight excluding hydrogens is 440 g/mol. The number of carbonyl (C=O) groups excluding carboxylic acids is 1. The molecule has 3 aromatic carbocycles. The minimum atomic E-state index is -3.75. The van der Waals surface area contributed by atoms with Crippen molar-refractivity contribution in [2.75, 3.05) is 25.6 Å². The normalized spacial score (nSPS) is 12.0. The Labute approximate surface area is 195 Å². The molecule has 3 aromatic rings. The summed E-state index contributed by atoms with van der Waals surface area (Å²) in [6.07, 6.45) is 0.721. The molecule has 3 rings (SSSR count). The number of hydrogen-bond donors (Lipinski definition) is 1. The van der Waals surface area contributed by atoms with Gasteiger partial charge in [0.2, 0.25) is 0 Å². The van der Waals surface area contributed by atoms with E-state index in [-0.39, 0.29) is 16.8 Å². The maximum absolute atomic E-state index is 12.9. The Morgan fingerprint density at radius 2 is 1.39 bits per heavy atom. The lowest BCUT2D eigenvalue weighted by molar-refractivity contribution is 0.0935. The van der Waals surface area contributed by atoms with Gasteiger partial charge in [0.1, 0.15) is 11.5 Å². The van der Waals surface area contributed by atoms with Crippen LogP contribution in [0, 0.1) is 0 Å². The van der Waals surface area contributed by atoms with Crippen LogP contribution >= 0.6 is 0 Å². The maximum atomic E-state index is 12.9. The Bertz CT molecular complexity index is 1170. The van der Waals surface area contributed by atoms with Gasteiger partial charge in [0.15, 0.2) is 0 Å². The Morgan fingerprint density at radius 1 is 0.879 bits per heavy atom. The van der Waals surface area contributed by atoms with Gasteiger partial charge in [-0.2, -0.15) is 0 Å². The first-order valence-electron chi connectivity index (χ1n) is 10.5. The van der Waals surface area contributed by atoms with Crippen LogP contribution in [0.5, 0.6) is 11.5 Å². The second kappa shape index (κ2) is 10.4. The third-order valence-electron chi connectivity index (χ3n) is 5.44. The van der Waals surface area contributed by atoms with Gasteiger partial charge in [-0.15, -0.1) is 0 Å². The number of benzene rings is 3. The molecule has 33 heavy (non-hydrogen) atoms. The van der Waals surface area contributed by atoms with Crippen LogP contribution in [-0.2, 0) is 10.0 Å². The molecule has 0 spiro atoms. The molecule has 7 nitrogen and oxygen atoms in total. The van der Waals surface area contributed by atoms with Gasteiger partial charge in [0, 0.05) is 12.6 Å². The Morgan fingerprint density at radius 3 is 1.88 bits per heavy atom. The van der Waals surface area contributed by atoms with Crippen LogP contribution in [-0.4, -0.2) is 35.6 Å². The monoisotopic (exact) mass is 468 g/mol. The zero-order valence-corrected chi connectivity index (χ0v) is 19.9. The van der Waals surface area contributed by atoms with E-state index in [0.717, 1.165) is 17.7 Å². The van der Waals surface area contributed by atoms with Crippen molar-refractivity contribution < 1.29 is 22.7 Å². The number of amides is 1. The highest BCUT2D eigenvalue weighted by Gasteiger charge is 2.22. The van der Waals surface area contributed by atoms with Gasteiger partial charge in [0.25, 0.3) is 15.9 Å². The van der Waals surface area contributed by atoms with Crippen molar-refractivity contribution in [3.63, 3.8) is 0 Å². The number of sulfonamides is 1. The van der Waals surface area contributed by atoms with Gasteiger partial charge in [-0.25, -0.2) is 8.42 Å². The SMILES string of the molecule is CC[C@H](NC(=O)c1ccc(N(C)S(=O)(=O)c2ccc(OC)cc2)cc1)c1ccc(OC)cc1. The van der Waals surface area contributed by atoms with Crippen molar-refractivity contribution in [2.24, 2.45) is 0 Å². The molecule has 0 unspecified atom stereocenters. The summed E-state index contributed by atoms with van der Waals surface area (Å²) in [5.41, 5.74) is 1.87. The quantitative estimate of drug-likeness (QED) is 0.503. The van der Waals surface area contributed by atoms with Gasteiger partial charge < -0.3 is 14.8 Å². The third kappa shape index (κ3) is 5.46. The molecule has 1 amide bonds. The first-order chi connectivity index (χ1) is 15.8. The Balaban J connectivity index is 1.73. The molecule has 0 radical (unpaired) electrons. The maximum Gasteiger partial charge on any atom is 0.264 e. The highest BCUT2D eigenvalue weighted by Crippen LogP contribution is 2.25. The van der Waals surface area contributed by atoms with Crippen LogP contribution in [0.2, 0.25) is 0 Å². The minimum Gasteiger partial charge on any atom is -0.497 e. The molecule has 0 fully saturated rings. The standard InChI is InChI=1S/C25H28N2O5S/c1-5-24(18-8-12-21(31-3)13-9-18)26-25(28)19-6-10-20(11-7-19)27(2)33(29,30)23-16-14-22(32-4)15-17-23/h6-17,24H,5H2,1-4H3,(H,26,28)/t24-/m0/s1. The number of anilines is 1. The van der Waals surface area contributed by atoms with Crippen LogP contribution in [0.15, 0.2) is 77.7 Å². The van der Waals surface area contributed by atoms with Gasteiger partial charge in [0.05, 0.1) is 30.8 Å². The van der Waals surface area contributed by atoms with E-state index >= 15 is 0 Å². The van der Waals surface area contributed by atoms with Crippen LogP contribution in [0.1, 0.15) is 35.3 Å². The van der Waals surface area contributed by atoms with E-state index in [4.69, 9.17) is 9.47 Å². The van der Waals surface area contributed by atoms with E-state index in [1.54, 1.807) is 43.5 Å². The first-order valence-corrected chi connectivity index (χ1v) is 11.9. The molecule has 8 heteroatoms. The summed E-state index contributed by atoms with van der Waals surface area (Å²) in [4.78, 5) is 12.9. The van der Waals surface area contributed by atoms with Crippen LogP contribution in [0.25, 0.3) is 0 Å². The zero-order valence-electron chi connectivity index (χ0n) is 19.1. The van der Waals surface area contributed by atoms with E-state index < -0.39 is 10.0 Å². The van der Waals surface area contributed by atoms with E-state index in [2.05, 4.69) is 5.32 Å². The molecule has 0 aromatic heterocycles.